The van der Waals surface area contributed by atoms with Gasteiger partial charge in [-0.25, -0.2) is 4.79 Å². The highest BCUT2D eigenvalue weighted by Gasteiger charge is 2.53. The Labute approximate surface area is 143 Å². The van der Waals surface area contributed by atoms with Crippen LogP contribution in [0.1, 0.15) is 23.2 Å². The average molecular weight is 349 g/mol. The molecule has 1 N–H and O–H groups in total. The second-order valence-electron chi connectivity index (χ2n) is 6.40. The second-order valence-corrected chi connectivity index (χ2v) is 6.40. The number of piperidine rings is 1. The summed E-state index contributed by atoms with van der Waals surface area (Å²) in [6.45, 7) is 1.26. The van der Waals surface area contributed by atoms with Gasteiger partial charge in [0.2, 0.25) is 0 Å². The average Bonchev–Trinajstić information content (AvgIpc) is 2.96. The molecule has 1 atom stereocenters. The molecular weight excluding hydrogens is 330 g/mol. The Morgan fingerprint density at radius 1 is 1.36 bits per heavy atom. The van der Waals surface area contributed by atoms with Crippen molar-refractivity contribution in [2.75, 3.05) is 26.7 Å². The number of nitrogens with zero attached hydrogens (tertiary/aromatic N) is 3. The van der Waals surface area contributed by atoms with Crippen molar-refractivity contribution in [1.29, 1.82) is 0 Å². The number of hydrogen-bond donors (Lipinski definition) is 1. The summed E-state index contributed by atoms with van der Waals surface area (Å²) in [6, 6.07) is 4.23. The number of nitro groups is 1. The van der Waals surface area contributed by atoms with Crippen LogP contribution in [0.3, 0.4) is 0 Å². The predicted octanol–water partition coefficient (Wildman–Crippen LogP) is 0.942. The van der Waals surface area contributed by atoms with Crippen LogP contribution in [0.15, 0.2) is 24.3 Å². The largest absolute Gasteiger partial charge is 0.480 e. The Morgan fingerprint density at radius 2 is 2.04 bits per heavy atom. The van der Waals surface area contributed by atoms with Crippen LogP contribution in [-0.2, 0) is 9.53 Å². The lowest BCUT2D eigenvalue weighted by atomic mass is 9.97. The predicted molar refractivity (Wildman–Crippen MR) is 86.1 cm³/mol. The van der Waals surface area contributed by atoms with Gasteiger partial charge in [-0.2, -0.15) is 0 Å². The van der Waals surface area contributed by atoms with E-state index in [1.165, 1.54) is 29.2 Å². The molecule has 9 heteroatoms. The van der Waals surface area contributed by atoms with Gasteiger partial charge in [-0.15, -0.1) is 0 Å². The fourth-order valence-electron chi connectivity index (χ4n) is 3.42. The summed E-state index contributed by atoms with van der Waals surface area (Å²) in [6.07, 6.45) is 0.988. The van der Waals surface area contributed by atoms with Gasteiger partial charge in [0.1, 0.15) is 5.72 Å². The molecule has 25 heavy (non-hydrogen) atoms. The molecule has 0 bridgehead atoms. The fourth-order valence-corrected chi connectivity index (χ4v) is 3.42. The minimum absolute atomic E-state index is 0.0836. The highest BCUT2D eigenvalue weighted by atomic mass is 16.6. The fraction of sp³-hybridized carbons (Fsp3) is 0.500. The third-order valence-electron chi connectivity index (χ3n) is 4.84. The monoisotopic (exact) mass is 349 g/mol. The van der Waals surface area contributed by atoms with Crippen molar-refractivity contribution in [2.45, 2.75) is 24.6 Å². The summed E-state index contributed by atoms with van der Waals surface area (Å²) in [7, 11) is 1.95. The van der Waals surface area contributed by atoms with Gasteiger partial charge in [0.05, 0.1) is 11.5 Å². The first-order valence-electron chi connectivity index (χ1n) is 7.97. The lowest BCUT2D eigenvalue weighted by Crippen LogP contribution is -2.57. The number of carboxylic acid groups (broad SMARTS) is 1. The number of ether oxygens (including phenoxy) is 1. The number of aliphatic carboxylic acids is 1. The van der Waals surface area contributed by atoms with E-state index in [9.17, 15) is 24.8 Å². The van der Waals surface area contributed by atoms with Crippen LogP contribution in [0.5, 0.6) is 0 Å². The summed E-state index contributed by atoms with van der Waals surface area (Å²) in [5.41, 5.74) is -1.10. The van der Waals surface area contributed by atoms with Crippen molar-refractivity contribution < 1.29 is 24.4 Å². The number of nitro benzene ring substituents is 1. The summed E-state index contributed by atoms with van der Waals surface area (Å²) in [5.74, 6) is -1.70. The molecule has 0 aliphatic carbocycles. The van der Waals surface area contributed by atoms with E-state index in [2.05, 4.69) is 4.90 Å². The molecule has 1 amide bonds. The van der Waals surface area contributed by atoms with E-state index in [0.29, 0.717) is 25.9 Å². The quantitative estimate of drug-likeness (QED) is 0.638. The zero-order valence-corrected chi connectivity index (χ0v) is 13.8. The van der Waals surface area contributed by atoms with E-state index in [1.807, 2.05) is 7.05 Å². The molecule has 2 fully saturated rings. The van der Waals surface area contributed by atoms with Crippen molar-refractivity contribution in [3.63, 3.8) is 0 Å². The summed E-state index contributed by atoms with van der Waals surface area (Å²) in [4.78, 5) is 38.4. The molecule has 3 rings (SSSR count). The SMILES string of the molecule is CN1CCC2(CC1)OC[C@@H](C(=O)O)N2C(=O)c1cccc([N+](=O)[O-])c1. The zero-order valence-electron chi connectivity index (χ0n) is 13.8. The normalized spacial score (nSPS) is 22.9. The highest BCUT2D eigenvalue weighted by molar-refractivity contribution is 5.98. The van der Waals surface area contributed by atoms with Crippen LogP contribution < -0.4 is 0 Å². The lowest BCUT2D eigenvalue weighted by Gasteiger charge is -2.43. The molecule has 0 unspecified atom stereocenters. The van der Waals surface area contributed by atoms with Crippen LogP contribution in [0.25, 0.3) is 0 Å². The first-order chi connectivity index (χ1) is 11.8. The molecule has 2 aliphatic heterocycles. The molecule has 2 saturated heterocycles. The molecule has 9 nitrogen and oxygen atoms in total. The van der Waals surface area contributed by atoms with Gasteiger partial charge in [-0.1, -0.05) is 6.07 Å². The van der Waals surface area contributed by atoms with Crippen LogP contribution in [0.2, 0.25) is 0 Å². The Bertz CT molecular complexity index is 714. The maximum Gasteiger partial charge on any atom is 0.328 e. The van der Waals surface area contributed by atoms with E-state index in [-0.39, 0.29) is 17.9 Å². The molecule has 2 heterocycles. The van der Waals surface area contributed by atoms with Gasteiger partial charge in [0.25, 0.3) is 11.6 Å². The molecule has 1 spiro atoms. The summed E-state index contributed by atoms with van der Waals surface area (Å²) >= 11 is 0. The van der Waals surface area contributed by atoms with Gasteiger partial charge >= 0.3 is 5.97 Å². The Balaban J connectivity index is 1.97. The van der Waals surface area contributed by atoms with E-state index < -0.39 is 28.6 Å². The summed E-state index contributed by atoms with van der Waals surface area (Å²) in [5, 5.41) is 20.5. The first-order valence-corrected chi connectivity index (χ1v) is 7.97. The topological polar surface area (TPSA) is 113 Å². The van der Waals surface area contributed by atoms with Crippen molar-refractivity contribution in [2.24, 2.45) is 0 Å². The minimum atomic E-state index is -1.14. The van der Waals surface area contributed by atoms with Crippen molar-refractivity contribution in [3.05, 3.63) is 39.9 Å². The van der Waals surface area contributed by atoms with E-state index >= 15 is 0 Å². The number of rotatable bonds is 3. The second kappa shape index (κ2) is 6.41. The van der Waals surface area contributed by atoms with Gasteiger partial charge in [-0.3, -0.25) is 19.8 Å². The number of carboxylic acids is 1. The van der Waals surface area contributed by atoms with Gasteiger partial charge < -0.3 is 14.7 Å². The maximum atomic E-state index is 13.0. The number of non-ortho nitro benzene ring substituents is 1. The molecule has 1 aromatic carbocycles. The number of carbonyl (C=O) groups is 2. The first kappa shape index (κ1) is 17.3. The number of hydrogen-bond acceptors (Lipinski definition) is 6. The molecule has 0 aromatic heterocycles. The lowest BCUT2D eigenvalue weighted by molar-refractivity contribution is -0.384. The molecule has 0 radical (unpaired) electrons. The molecule has 134 valence electrons. The van der Waals surface area contributed by atoms with Crippen LogP contribution in [-0.4, -0.2) is 70.2 Å². The van der Waals surface area contributed by atoms with Crippen molar-refractivity contribution in [3.8, 4) is 0 Å². The van der Waals surface area contributed by atoms with E-state index in [1.54, 1.807) is 0 Å². The van der Waals surface area contributed by atoms with Crippen LogP contribution >= 0.6 is 0 Å². The maximum absolute atomic E-state index is 13.0. The number of carbonyl (C=O) groups excluding carboxylic acids is 1. The zero-order chi connectivity index (χ0) is 18.2. The minimum Gasteiger partial charge on any atom is -0.480 e. The van der Waals surface area contributed by atoms with E-state index in [4.69, 9.17) is 4.74 Å². The summed E-state index contributed by atoms with van der Waals surface area (Å²) < 4.78 is 5.80. The van der Waals surface area contributed by atoms with Crippen molar-refractivity contribution >= 4 is 17.6 Å². The number of likely N-dealkylation sites (tertiary alicyclic amines) is 1. The standard InChI is InChI=1S/C16H19N3O6/c1-17-7-5-16(6-8-17)18(13(10-25-16)15(21)22)14(20)11-3-2-4-12(9-11)19(23)24/h2-4,9,13H,5-8,10H2,1H3,(H,21,22)/t13-/m0/s1. The van der Waals surface area contributed by atoms with Crippen LogP contribution in [0, 0.1) is 10.1 Å². The smallest absolute Gasteiger partial charge is 0.328 e. The number of amides is 1. The Morgan fingerprint density at radius 3 is 2.64 bits per heavy atom. The van der Waals surface area contributed by atoms with E-state index in [0.717, 1.165) is 0 Å². The third-order valence-corrected chi connectivity index (χ3v) is 4.84. The Kier molecular flexibility index (Phi) is 4.44. The van der Waals surface area contributed by atoms with Gasteiger partial charge in [0, 0.05) is 43.6 Å². The molecule has 0 saturated carbocycles. The van der Waals surface area contributed by atoms with Gasteiger partial charge in [-0.05, 0) is 13.1 Å². The molecule has 2 aliphatic rings. The molecule has 1 aromatic rings. The Hall–Kier alpha value is -2.52. The van der Waals surface area contributed by atoms with Crippen LogP contribution in [0.4, 0.5) is 5.69 Å². The number of benzene rings is 1. The van der Waals surface area contributed by atoms with Gasteiger partial charge in [0.15, 0.2) is 6.04 Å². The molecular formula is C16H19N3O6. The third kappa shape index (κ3) is 3.08. The van der Waals surface area contributed by atoms with Crippen molar-refractivity contribution in [1.82, 2.24) is 9.80 Å². The highest BCUT2D eigenvalue weighted by Crippen LogP contribution is 2.38.